The lowest BCUT2D eigenvalue weighted by Crippen LogP contribution is -2.16. The number of aromatic nitrogens is 2. The van der Waals surface area contributed by atoms with Crippen LogP contribution < -0.4 is 5.32 Å². The number of nitrogens with zero attached hydrogens (tertiary/aromatic N) is 2. The van der Waals surface area contributed by atoms with E-state index in [9.17, 15) is 13.6 Å². The lowest BCUT2D eigenvalue weighted by atomic mass is 10.1. The molecule has 4 nitrogen and oxygen atoms in total. The molecule has 0 fully saturated rings. The number of nitrogens with one attached hydrogen (secondary N) is 1. The molecule has 0 aliphatic rings. The maximum Gasteiger partial charge on any atom is 0.259 e. The molecule has 0 spiro atoms. The van der Waals surface area contributed by atoms with Crippen LogP contribution in [0.25, 0.3) is 11.3 Å². The van der Waals surface area contributed by atoms with Crippen LogP contribution in [-0.2, 0) is 7.05 Å². The van der Waals surface area contributed by atoms with Gasteiger partial charge in [0.15, 0.2) is 0 Å². The van der Waals surface area contributed by atoms with Gasteiger partial charge in [-0.2, -0.15) is 0 Å². The molecule has 0 aliphatic carbocycles. The van der Waals surface area contributed by atoms with Crippen LogP contribution in [0.1, 0.15) is 10.4 Å². The highest BCUT2D eigenvalue weighted by Crippen LogP contribution is 2.26. The van der Waals surface area contributed by atoms with Crippen molar-refractivity contribution in [3.05, 3.63) is 72.1 Å². The molecule has 23 heavy (non-hydrogen) atoms. The van der Waals surface area contributed by atoms with Crippen LogP contribution in [0.4, 0.5) is 14.6 Å². The number of aryl methyl sites for hydroxylation is 1. The lowest BCUT2D eigenvalue weighted by Gasteiger charge is -2.09. The van der Waals surface area contributed by atoms with Crippen LogP contribution in [0, 0.1) is 11.6 Å². The molecule has 0 radical (unpaired) electrons. The monoisotopic (exact) mass is 313 g/mol. The molecule has 0 aliphatic heterocycles. The van der Waals surface area contributed by atoms with Gasteiger partial charge in [-0.3, -0.25) is 4.79 Å². The summed E-state index contributed by atoms with van der Waals surface area (Å²) in [7, 11) is 1.71. The number of hydrogen-bond acceptors (Lipinski definition) is 2. The third kappa shape index (κ3) is 2.96. The van der Waals surface area contributed by atoms with Gasteiger partial charge in [-0.15, -0.1) is 0 Å². The first-order valence-corrected chi connectivity index (χ1v) is 6.89. The summed E-state index contributed by atoms with van der Waals surface area (Å²) in [5.74, 6) is -1.13. The fraction of sp³-hybridized carbons (Fsp3) is 0.0588. The Kier molecular flexibility index (Phi) is 3.89. The van der Waals surface area contributed by atoms with E-state index in [0.717, 1.165) is 0 Å². The van der Waals surface area contributed by atoms with E-state index < -0.39 is 11.7 Å². The van der Waals surface area contributed by atoms with Crippen LogP contribution in [0.2, 0.25) is 0 Å². The molecule has 1 heterocycles. The number of rotatable bonds is 3. The molecule has 2 aromatic carbocycles. The van der Waals surface area contributed by atoms with Gasteiger partial charge in [0.2, 0.25) is 0 Å². The summed E-state index contributed by atoms with van der Waals surface area (Å²) in [4.78, 5) is 16.5. The number of hydrogen-bond donors (Lipinski definition) is 1. The Morgan fingerprint density at radius 2 is 1.78 bits per heavy atom. The zero-order valence-corrected chi connectivity index (χ0v) is 12.3. The fourth-order valence-electron chi connectivity index (χ4n) is 2.22. The number of halogens is 2. The minimum atomic E-state index is -0.601. The topological polar surface area (TPSA) is 46.9 Å². The Hall–Kier alpha value is -3.02. The average Bonchev–Trinajstić information content (AvgIpc) is 2.89. The third-order valence-electron chi connectivity index (χ3n) is 3.41. The van der Waals surface area contributed by atoms with Crippen molar-refractivity contribution in [1.29, 1.82) is 0 Å². The van der Waals surface area contributed by atoms with Crippen LogP contribution in [-0.4, -0.2) is 15.5 Å². The second-order valence-electron chi connectivity index (χ2n) is 4.99. The Bertz CT molecular complexity index is 857. The lowest BCUT2D eigenvalue weighted by molar-refractivity contribution is 0.102. The Labute approximate surface area is 131 Å². The van der Waals surface area contributed by atoms with Gasteiger partial charge in [-0.25, -0.2) is 13.8 Å². The molecule has 0 saturated carbocycles. The predicted octanol–water partition coefficient (Wildman–Crippen LogP) is 3.62. The van der Waals surface area contributed by atoms with Gasteiger partial charge in [-0.1, -0.05) is 12.1 Å². The molecule has 0 atom stereocenters. The molecule has 6 heteroatoms. The second kappa shape index (κ2) is 6.00. The maximum absolute atomic E-state index is 13.7. The molecule has 0 bridgehead atoms. The van der Waals surface area contributed by atoms with Crippen LogP contribution >= 0.6 is 0 Å². The Balaban J connectivity index is 1.95. The smallest absolute Gasteiger partial charge is 0.259 e. The highest BCUT2D eigenvalue weighted by atomic mass is 19.1. The van der Waals surface area contributed by atoms with Crippen LogP contribution in [0.5, 0.6) is 0 Å². The van der Waals surface area contributed by atoms with Crippen molar-refractivity contribution in [2.75, 3.05) is 5.32 Å². The van der Waals surface area contributed by atoms with E-state index in [2.05, 4.69) is 10.3 Å². The summed E-state index contributed by atoms with van der Waals surface area (Å²) in [6, 6.07) is 11.5. The summed E-state index contributed by atoms with van der Waals surface area (Å²) in [6.45, 7) is 0. The Morgan fingerprint density at radius 1 is 1.09 bits per heavy atom. The summed E-state index contributed by atoms with van der Waals surface area (Å²) in [6.07, 6.45) is 1.52. The molecule has 0 saturated heterocycles. The molecule has 116 valence electrons. The minimum Gasteiger partial charge on any atom is -0.320 e. The van der Waals surface area contributed by atoms with Crippen molar-refractivity contribution in [2.24, 2.45) is 7.05 Å². The van der Waals surface area contributed by atoms with E-state index in [1.165, 1.54) is 36.7 Å². The third-order valence-corrected chi connectivity index (χ3v) is 3.41. The highest BCUT2D eigenvalue weighted by molar-refractivity contribution is 6.05. The zero-order chi connectivity index (χ0) is 16.4. The number of anilines is 1. The first-order chi connectivity index (χ1) is 11.1. The molecule has 3 aromatic rings. The average molecular weight is 313 g/mol. The molecule has 1 N–H and O–H groups in total. The molecule has 1 amide bonds. The van der Waals surface area contributed by atoms with Crippen molar-refractivity contribution in [3.8, 4) is 11.3 Å². The van der Waals surface area contributed by atoms with Gasteiger partial charge < -0.3 is 9.88 Å². The standard InChI is InChI=1S/C17H13F2N3O/c1-22-10-20-15(11-6-8-12(18)9-7-11)16(22)21-17(23)13-4-2-3-5-14(13)19/h2-10H,1H3,(H,21,23). The number of carbonyl (C=O) groups is 1. The largest absolute Gasteiger partial charge is 0.320 e. The molecule has 3 rings (SSSR count). The van der Waals surface area contributed by atoms with Crippen LogP contribution in [0.15, 0.2) is 54.9 Å². The first-order valence-electron chi connectivity index (χ1n) is 6.89. The fourth-order valence-corrected chi connectivity index (χ4v) is 2.22. The van der Waals surface area contributed by atoms with Gasteiger partial charge in [0.1, 0.15) is 23.1 Å². The molecule has 0 unspecified atom stereocenters. The number of amides is 1. The number of carbonyl (C=O) groups excluding carboxylic acids is 1. The van der Waals surface area contributed by atoms with Gasteiger partial charge in [0.25, 0.3) is 5.91 Å². The Morgan fingerprint density at radius 3 is 2.48 bits per heavy atom. The summed E-state index contributed by atoms with van der Waals surface area (Å²) in [5.41, 5.74) is 1.08. The summed E-state index contributed by atoms with van der Waals surface area (Å²) < 4.78 is 28.4. The highest BCUT2D eigenvalue weighted by Gasteiger charge is 2.17. The summed E-state index contributed by atoms with van der Waals surface area (Å²) in [5, 5.41) is 2.66. The van der Waals surface area contributed by atoms with E-state index in [4.69, 9.17) is 0 Å². The number of imidazole rings is 1. The van der Waals surface area contributed by atoms with E-state index in [-0.39, 0.29) is 11.4 Å². The first kappa shape index (κ1) is 14.9. The predicted molar refractivity (Wildman–Crippen MR) is 83.0 cm³/mol. The molecular formula is C17H13F2N3O. The van der Waals surface area contributed by atoms with Crippen molar-refractivity contribution in [2.45, 2.75) is 0 Å². The SMILES string of the molecule is Cn1cnc(-c2ccc(F)cc2)c1NC(=O)c1ccccc1F. The van der Waals surface area contributed by atoms with E-state index in [1.807, 2.05) is 0 Å². The van der Waals surface area contributed by atoms with Crippen molar-refractivity contribution in [1.82, 2.24) is 9.55 Å². The van der Waals surface area contributed by atoms with Gasteiger partial charge in [-0.05, 0) is 36.4 Å². The van der Waals surface area contributed by atoms with Gasteiger partial charge in [0.05, 0.1) is 11.9 Å². The van der Waals surface area contributed by atoms with Gasteiger partial charge in [0, 0.05) is 12.6 Å². The van der Waals surface area contributed by atoms with Gasteiger partial charge >= 0.3 is 0 Å². The molecule has 1 aromatic heterocycles. The van der Waals surface area contributed by atoms with Crippen molar-refractivity contribution in [3.63, 3.8) is 0 Å². The van der Waals surface area contributed by atoms with E-state index in [0.29, 0.717) is 17.1 Å². The van der Waals surface area contributed by atoms with E-state index in [1.54, 1.807) is 29.8 Å². The quantitative estimate of drug-likeness (QED) is 0.803. The second-order valence-corrected chi connectivity index (χ2v) is 4.99. The van der Waals surface area contributed by atoms with Crippen LogP contribution in [0.3, 0.4) is 0 Å². The molecular weight excluding hydrogens is 300 g/mol. The normalized spacial score (nSPS) is 10.6. The minimum absolute atomic E-state index is 0.0567. The zero-order valence-electron chi connectivity index (χ0n) is 12.3. The van der Waals surface area contributed by atoms with Crippen molar-refractivity contribution < 1.29 is 13.6 Å². The van der Waals surface area contributed by atoms with E-state index >= 15 is 0 Å². The maximum atomic E-state index is 13.7. The summed E-state index contributed by atoms with van der Waals surface area (Å²) >= 11 is 0. The number of benzene rings is 2. The van der Waals surface area contributed by atoms with Crippen molar-refractivity contribution >= 4 is 11.7 Å².